The van der Waals surface area contributed by atoms with Crippen molar-refractivity contribution >= 4 is 21.9 Å². The van der Waals surface area contributed by atoms with Gasteiger partial charge in [0.05, 0.1) is 0 Å². The average Bonchev–Trinajstić information content (AvgIpc) is 3.05. The number of rotatable bonds is 2. The lowest BCUT2D eigenvalue weighted by molar-refractivity contribution is 0.474. The van der Waals surface area contributed by atoms with E-state index in [0.29, 0.717) is 17.1 Å². The molecule has 2 heterocycles. The highest BCUT2D eigenvalue weighted by Gasteiger charge is 2.20. The van der Waals surface area contributed by atoms with Crippen molar-refractivity contribution in [3.8, 4) is 50.7 Å². The van der Waals surface area contributed by atoms with E-state index in [0.717, 1.165) is 60.9 Å². The van der Waals surface area contributed by atoms with Crippen molar-refractivity contribution < 1.29 is 13.9 Å². The molecule has 0 atom stereocenters. The summed E-state index contributed by atoms with van der Waals surface area (Å²) < 4.78 is 11.9. The third-order valence-electron chi connectivity index (χ3n) is 8.85. The Hall–Kier alpha value is -5.94. The van der Waals surface area contributed by atoms with E-state index in [1.807, 2.05) is 31.2 Å². The third kappa shape index (κ3) is 5.64. The van der Waals surface area contributed by atoms with Crippen LogP contribution in [0.4, 0.5) is 0 Å². The molecular weight excluding hydrogens is 596 g/mol. The van der Waals surface area contributed by atoms with Crippen LogP contribution in [0.3, 0.4) is 0 Å². The molecule has 4 aromatic carbocycles. The summed E-state index contributed by atoms with van der Waals surface area (Å²) >= 11 is 0. The molecule has 0 saturated heterocycles. The van der Waals surface area contributed by atoms with Crippen LogP contribution < -0.4 is 10.9 Å². The Morgan fingerprint density at radius 2 is 0.875 bits per heavy atom. The van der Waals surface area contributed by atoms with Crippen LogP contribution in [0.25, 0.3) is 66.8 Å². The molecule has 5 heteroatoms. The molecule has 5 nitrogen and oxygen atoms in total. The zero-order chi connectivity index (χ0) is 33.7. The third-order valence-corrected chi connectivity index (χ3v) is 8.85. The monoisotopic (exact) mass is 630 g/mol. The fourth-order valence-corrected chi connectivity index (χ4v) is 6.43. The summed E-state index contributed by atoms with van der Waals surface area (Å²) in [5.74, 6) is 1.30. The van der Waals surface area contributed by atoms with E-state index in [-0.39, 0.29) is 16.6 Å². The van der Waals surface area contributed by atoms with Gasteiger partial charge >= 0.3 is 0 Å². The number of hydrogen-bond donors (Lipinski definition) is 1. The molecule has 0 radical (unpaired) electrons. The molecular formula is C43H34O5. The van der Waals surface area contributed by atoms with Crippen LogP contribution in [0.15, 0.2) is 128 Å². The molecule has 48 heavy (non-hydrogen) atoms. The van der Waals surface area contributed by atoms with Crippen molar-refractivity contribution in [3.05, 3.63) is 157 Å². The quantitative estimate of drug-likeness (QED) is 0.192. The average molecular weight is 631 g/mol. The lowest BCUT2D eigenvalue weighted by Gasteiger charge is -2.17. The van der Waals surface area contributed by atoms with E-state index in [2.05, 4.69) is 76.2 Å². The molecule has 2 aliphatic heterocycles. The SMILES string of the molecule is Cc1ccc(C)c(-c2c3ccc(=O)cc-3oc3cc(C)ccc23)c1.Cc1ccc(C)c(-c2c3ccc(=O)cc-3oc3cc(O)ccc23)c1. The highest BCUT2D eigenvalue weighted by molar-refractivity contribution is 6.04. The molecule has 4 aromatic rings. The second-order valence-electron chi connectivity index (χ2n) is 12.6. The Labute approximate surface area is 278 Å². The summed E-state index contributed by atoms with van der Waals surface area (Å²) in [7, 11) is 0. The van der Waals surface area contributed by atoms with Gasteiger partial charge < -0.3 is 13.9 Å². The molecule has 8 rings (SSSR count). The van der Waals surface area contributed by atoms with Crippen molar-refractivity contribution in [1.29, 1.82) is 0 Å². The van der Waals surface area contributed by atoms with E-state index in [4.69, 9.17) is 8.83 Å². The van der Waals surface area contributed by atoms with Crippen LogP contribution >= 0.6 is 0 Å². The first-order valence-electron chi connectivity index (χ1n) is 15.9. The summed E-state index contributed by atoms with van der Waals surface area (Å²) in [6.07, 6.45) is 0. The minimum atomic E-state index is -0.0994. The van der Waals surface area contributed by atoms with Crippen LogP contribution in [0.5, 0.6) is 5.75 Å². The smallest absolute Gasteiger partial charge is 0.182 e. The molecule has 2 aliphatic carbocycles. The fourth-order valence-electron chi connectivity index (χ4n) is 6.43. The maximum atomic E-state index is 11.8. The highest BCUT2D eigenvalue weighted by atomic mass is 16.3. The minimum absolute atomic E-state index is 0.0369. The normalized spacial score (nSPS) is 11.3. The van der Waals surface area contributed by atoms with E-state index >= 15 is 0 Å². The predicted molar refractivity (Wildman–Crippen MR) is 194 cm³/mol. The van der Waals surface area contributed by atoms with Gasteiger partial charge in [-0.3, -0.25) is 9.59 Å². The number of aromatic hydroxyl groups is 1. The topological polar surface area (TPSA) is 80.7 Å². The maximum absolute atomic E-state index is 11.8. The molecule has 0 saturated carbocycles. The standard InChI is InChI=1S/C22H18O2.C21H16O3/c1-13-4-6-15(3)19(10-13)22-17-8-5-14(2)11-20(17)24-21-12-16(23)7-9-18(21)22;1-12-3-4-13(2)18(9-12)21-16-7-5-14(22)10-19(16)24-20-11-15(23)6-8-17(20)21/h4-12H,1-3H3;3-11,22H,1-2H3. The van der Waals surface area contributed by atoms with Gasteiger partial charge in [0.1, 0.15) is 28.4 Å². The zero-order valence-electron chi connectivity index (χ0n) is 27.5. The summed E-state index contributed by atoms with van der Waals surface area (Å²) in [5, 5.41) is 11.8. The Balaban J connectivity index is 0.000000152. The van der Waals surface area contributed by atoms with Crippen molar-refractivity contribution in [2.24, 2.45) is 0 Å². The van der Waals surface area contributed by atoms with Crippen LogP contribution in [0.2, 0.25) is 0 Å². The fraction of sp³-hybridized carbons (Fsp3) is 0.116. The first kappa shape index (κ1) is 30.7. The van der Waals surface area contributed by atoms with Crippen molar-refractivity contribution in [2.45, 2.75) is 34.6 Å². The second-order valence-corrected chi connectivity index (χ2v) is 12.6. The Bertz CT molecular complexity index is 2390. The van der Waals surface area contributed by atoms with Crippen molar-refractivity contribution in [1.82, 2.24) is 0 Å². The number of hydrogen-bond acceptors (Lipinski definition) is 5. The maximum Gasteiger partial charge on any atom is 0.182 e. The summed E-state index contributed by atoms with van der Waals surface area (Å²) in [5.41, 5.74) is 13.4. The van der Waals surface area contributed by atoms with Gasteiger partial charge in [-0.25, -0.2) is 0 Å². The van der Waals surface area contributed by atoms with Gasteiger partial charge in [-0.2, -0.15) is 0 Å². The Morgan fingerprint density at radius 1 is 0.438 bits per heavy atom. The van der Waals surface area contributed by atoms with Gasteiger partial charge in [-0.05, 0) is 105 Å². The van der Waals surface area contributed by atoms with E-state index in [1.54, 1.807) is 30.3 Å². The number of phenolic OH excluding ortho intramolecular Hbond substituents is 1. The Kier molecular flexibility index (Phi) is 7.68. The summed E-state index contributed by atoms with van der Waals surface area (Å²) in [6.45, 7) is 10.4. The Morgan fingerprint density at radius 3 is 1.40 bits per heavy atom. The van der Waals surface area contributed by atoms with Gasteiger partial charge in [-0.15, -0.1) is 0 Å². The zero-order valence-corrected chi connectivity index (χ0v) is 27.5. The number of phenols is 1. The second kappa shape index (κ2) is 12.0. The number of fused-ring (bicyclic) bond motifs is 4. The molecule has 0 fully saturated rings. The van der Waals surface area contributed by atoms with Crippen LogP contribution in [-0.4, -0.2) is 5.11 Å². The molecule has 0 aromatic heterocycles. The minimum Gasteiger partial charge on any atom is -0.508 e. The molecule has 236 valence electrons. The molecule has 4 aliphatic rings. The lowest BCUT2D eigenvalue weighted by atomic mass is 9.90. The van der Waals surface area contributed by atoms with E-state index in [1.165, 1.54) is 22.8 Å². The van der Waals surface area contributed by atoms with Gasteiger partial charge in [0, 0.05) is 51.2 Å². The first-order valence-corrected chi connectivity index (χ1v) is 15.9. The largest absolute Gasteiger partial charge is 0.508 e. The molecule has 0 unspecified atom stereocenters. The highest BCUT2D eigenvalue weighted by Crippen LogP contribution is 2.43. The van der Waals surface area contributed by atoms with Gasteiger partial charge in [0.15, 0.2) is 10.9 Å². The van der Waals surface area contributed by atoms with Gasteiger partial charge in [-0.1, -0.05) is 59.7 Å². The summed E-state index contributed by atoms with van der Waals surface area (Å²) in [6, 6.07) is 34.0. The predicted octanol–water partition coefficient (Wildman–Crippen LogP) is 10.4. The molecule has 1 N–H and O–H groups in total. The van der Waals surface area contributed by atoms with Crippen LogP contribution in [0, 0.1) is 34.6 Å². The first-order chi connectivity index (χ1) is 23.0. The summed E-state index contributed by atoms with van der Waals surface area (Å²) in [4.78, 5) is 23.5. The molecule has 0 amide bonds. The number of aryl methyl sites for hydroxylation is 5. The van der Waals surface area contributed by atoms with Crippen LogP contribution in [0.1, 0.15) is 27.8 Å². The lowest BCUT2D eigenvalue weighted by Crippen LogP contribution is -2.00. The van der Waals surface area contributed by atoms with Gasteiger partial charge in [0.25, 0.3) is 0 Å². The van der Waals surface area contributed by atoms with Crippen molar-refractivity contribution in [2.75, 3.05) is 0 Å². The number of benzene rings is 6. The van der Waals surface area contributed by atoms with E-state index < -0.39 is 0 Å². The van der Waals surface area contributed by atoms with E-state index in [9.17, 15) is 14.7 Å². The van der Waals surface area contributed by atoms with Gasteiger partial charge in [0.2, 0.25) is 0 Å². The molecule has 0 spiro atoms. The van der Waals surface area contributed by atoms with Crippen LogP contribution in [-0.2, 0) is 0 Å². The molecule has 0 bridgehead atoms. The van der Waals surface area contributed by atoms with Crippen molar-refractivity contribution in [3.63, 3.8) is 0 Å².